The molecule has 0 aliphatic carbocycles. The lowest BCUT2D eigenvalue weighted by Gasteiger charge is -2.31. The van der Waals surface area contributed by atoms with E-state index in [2.05, 4.69) is 15.0 Å². The van der Waals surface area contributed by atoms with Gasteiger partial charge in [0.25, 0.3) is 17.4 Å². The lowest BCUT2D eigenvalue weighted by molar-refractivity contribution is 0.0570. The number of aliphatic hydroxyl groups is 1. The van der Waals surface area contributed by atoms with E-state index in [1.54, 1.807) is 24.4 Å². The van der Waals surface area contributed by atoms with E-state index >= 15 is 0 Å². The molecule has 0 unspecified atom stereocenters. The van der Waals surface area contributed by atoms with Crippen LogP contribution in [-0.4, -0.2) is 81.6 Å². The molecule has 0 radical (unpaired) electrons. The number of rotatable bonds is 11. The van der Waals surface area contributed by atoms with Crippen LogP contribution in [0.5, 0.6) is 5.75 Å². The van der Waals surface area contributed by atoms with Crippen LogP contribution >= 0.6 is 0 Å². The fourth-order valence-corrected chi connectivity index (χ4v) is 5.93. The number of pyridine rings is 1. The number of amides is 2. The first kappa shape index (κ1) is 30.2. The monoisotopic (exact) mass is 585 g/mol. The zero-order chi connectivity index (χ0) is 31.1. The SMILES string of the molecule is Cc1ccc(OC[C@H](O)CCc2cc[nH]c(=O)c2-c2nc3cc4c(cc3[nH]2)C(=O)N(CC(C)(C)CN(C)C)C4=O)c(C)c1. The number of hydrogen-bond acceptors (Lipinski definition) is 7. The average Bonchev–Trinajstić information content (AvgIpc) is 3.43. The van der Waals surface area contributed by atoms with Crippen molar-refractivity contribution in [3.63, 3.8) is 0 Å². The second kappa shape index (κ2) is 11.8. The topological polar surface area (TPSA) is 132 Å². The maximum absolute atomic E-state index is 13.3. The number of nitrogens with zero attached hydrogens (tertiary/aromatic N) is 3. The molecule has 43 heavy (non-hydrogen) atoms. The number of aromatic nitrogens is 3. The van der Waals surface area contributed by atoms with Gasteiger partial charge in [-0.3, -0.25) is 19.3 Å². The summed E-state index contributed by atoms with van der Waals surface area (Å²) in [7, 11) is 3.92. The van der Waals surface area contributed by atoms with E-state index in [0.29, 0.717) is 58.5 Å². The molecule has 2 aromatic heterocycles. The van der Waals surface area contributed by atoms with Crippen LogP contribution in [0.25, 0.3) is 22.4 Å². The third-order valence-electron chi connectivity index (χ3n) is 7.70. The van der Waals surface area contributed by atoms with E-state index in [9.17, 15) is 19.5 Å². The minimum atomic E-state index is -0.742. The molecule has 0 spiro atoms. The molecule has 0 bridgehead atoms. The van der Waals surface area contributed by atoms with E-state index < -0.39 is 6.10 Å². The fourth-order valence-electron chi connectivity index (χ4n) is 5.93. The van der Waals surface area contributed by atoms with Crippen molar-refractivity contribution >= 4 is 22.8 Å². The van der Waals surface area contributed by atoms with Gasteiger partial charge in [0.2, 0.25) is 0 Å². The fraction of sp³-hybridized carbons (Fsp3) is 0.394. The van der Waals surface area contributed by atoms with Gasteiger partial charge in [-0.25, -0.2) is 4.98 Å². The largest absolute Gasteiger partial charge is 0.491 e. The van der Waals surface area contributed by atoms with Gasteiger partial charge in [-0.2, -0.15) is 0 Å². The Hall–Kier alpha value is -4.28. The zero-order valence-electron chi connectivity index (χ0n) is 25.6. The highest BCUT2D eigenvalue weighted by Gasteiger charge is 2.39. The van der Waals surface area contributed by atoms with E-state index in [0.717, 1.165) is 23.4 Å². The smallest absolute Gasteiger partial charge is 0.261 e. The summed E-state index contributed by atoms with van der Waals surface area (Å²) in [5, 5.41) is 10.6. The molecular formula is C33H39N5O5. The van der Waals surface area contributed by atoms with Gasteiger partial charge >= 0.3 is 0 Å². The van der Waals surface area contributed by atoms with Crippen molar-refractivity contribution in [2.24, 2.45) is 5.41 Å². The Morgan fingerprint density at radius 3 is 2.47 bits per heavy atom. The standard InChI is InChI=1S/C33H39N5O5/c1-19-7-10-27(20(2)13-19)43-16-22(39)9-8-21-11-12-34-30(40)28(21)29-35-25-14-23-24(15-26(25)36-29)32(42)38(31(23)41)18-33(3,4)17-37(5)6/h7,10-15,22,39H,8-9,16-18H2,1-6H3,(H,34,40)(H,35,36)/t22-/m1/s1. The van der Waals surface area contributed by atoms with Gasteiger partial charge in [-0.05, 0) is 81.6 Å². The van der Waals surface area contributed by atoms with Crippen molar-refractivity contribution in [2.75, 3.05) is 33.8 Å². The van der Waals surface area contributed by atoms with Crippen LogP contribution in [0.2, 0.25) is 0 Å². The van der Waals surface area contributed by atoms with Crippen molar-refractivity contribution in [3.05, 3.63) is 80.8 Å². The van der Waals surface area contributed by atoms with E-state index in [1.165, 1.54) is 4.90 Å². The second-order valence-corrected chi connectivity index (χ2v) is 12.6. The number of imidazole rings is 1. The summed E-state index contributed by atoms with van der Waals surface area (Å²) in [5.41, 5.74) is 4.27. The number of aliphatic hydroxyl groups excluding tert-OH is 1. The molecule has 3 N–H and O–H groups in total. The van der Waals surface area contributed by atoms with Crippen molar-refractivity contribution in [1.29, 1.82) is 0 Å². The highest BCUT2D eigenvalue weighted by atomic mass is 16.5. The van der Waals surface area contributed by atoms with Crippen molar-refractivity contribution < 1.29 is 19.4 Å². The zero-order valence-corrected chi connectivity index (χ0v) is 25.6. The Kier molecular flexibility index (Phi) is 8.27. The number of ether oxygens (including phenoxy) is 1. The number of aryl methyl sites for hydroxylation is 3. The first-order valence-electron chi connectivity index (χ1n) is 14.5. The number of carbonyl (C=O) groups excluding carboxylic acids is 2. The van der Waals surface area contributed by atoms with Gasteiger partial charge in [-0.1, -0.05) is 31.5 Å². The number of carbonyl (C=O) groups is 2. The molecule has 2 aromatic carbocycles. The van der Waals surface area contributed by atoms with Crippen molar-refractivity contribution in [1.82, 2.24) is 24.8 Å². The molecule has 0 fully saturated rings. The minimum absolute atomic E-state index is 0.129. The molecule has 3 heterocycles. The van der Waals surface area contributed by atoms with Gasteiger partial charge in [0.1, 0.15) is 18.2 Å². The number of H-pyrrole nitrogens is 2. The van der Waals surface area contributed by atoms with Gasteiger partial charge in [0.05, 0.1) is 33.8 Å². The third-order valence-corrected chi connectivity index (χ3v) is 7.70. The maximum atomic E-state index is 13.3. The molecule has 10 nitrogen and oxygen atoms in total. The molecule has 1 aliphatic heterocycles. The second-order valence-electron chi connectivity index (χ2n) is 12.6. The Labute approximate surface area is 250 Å². The van der Waals surface area contributed by atoms with Gasteiger partial charge in [-0.15, -0.1) is 0 Å². The molecule has 4 aromatic rings. The number of hydrogen-bond donors (Lipinski definition) is 3. The van der Waals surface area contributed by atoms with E-state index in [4.69, 9.17) is 4.74 Å². The lowest BCUT2D eigenvalue weighted by Crippen LogP contribution is -2.42. The predicted octanol–water partition coefficient (Wildman–Crippen LogP) is 4.09. The Morgan fingerprint density at radius 2 is 1.77 bits per heavy atom. The quantitative estimate of drug-likeness (QED) is 0.226. The molecule has 1 atom stereocenters. The highest BCUT2D eigenvalue weighted by Crippen LogP contribution is 2.31. The summed E-state index contributed by atoms with van der Waals surface area (Å²) >= 11 is 0. The van der Waals surface area contributed by atoms with Crippen LogP contribution in [-0.2, 0) is 6.42 Å². The van der Waals surface area contributed by atoms with Crippen LogP contribution < -0.4 is 10.3 Å². The molecule has 0 saturated carbocycles. The molecule has 2 amide bonds. The van der Waals surface area contributed by atoms with E-state index in [1.807, 2.05) is 64.9 Å². The Bertz CT molecular complexity index is 1700. The van der Waals surface area contributed by atoms with Crippen LogP contribution in [0, 0.1) is 19.3 Å². The number of nitrogens with one attached hydrogen (secondary N) is 2. The molecule has 226 valence electrons. The van der Waals surface area contributed by atoms with Gasteiger partial charge < -0.3 is 24.7 Å². The normalized spacial score (nSPS) is 14.2. The molecular weight excluding hydrogens is 546 g/mol. The summed E-state index contributed by atoms with van der Waals surface area (Å²) < 4.78 is 5.83. The molecule has 1 aliphatic rings. The van der Waals surface area contributed by atoms with Gasteiger partial charge in [0, 0.05) is 19.3 Å². The number of fused-ring (bicyclic) bond motifs is 2. The Balaban J connectivity index is 1.34. The highest BCUT2D eigenvalue weighted by molar-refractivity contribution is 6.22. The lowest BCUT2D eigenvalue weighted by atomic mass is 9.92. The minimum Gasteiger partial charge on any atom is -0.491 e. The molecule has 10 heteroatoms. The van der Waals surface area contributed by atoms with Crippen LogP contribution in [0.1, 0.15) is 57.7 Å². The van der Waals surface area contributed by atoms with Crippen LogP contribution in [0.4, 0.5) is 0 Å². The Morgan fingerprint density at radius 1 is 1.05 bits per heavy atom. The van der Waals surface area contributed by atoms with Crippen LogP contribution in [0.3, 0.4) is 0 Å². The summed E-state index contributed by atoms with van der Waals surface area (Å²) in [4.78, 5) is 53.4. The third kappa shape index (κ3) is 6.40. The van der Waals surface area contributed by atoms with Crippen LogP contribution in [0.15, 0.2) is 47.4 Å². The predicted molar refractivity (Wildman–Crippen MR) is 166 cm³/mol. The molecule has 5 rings (SSSR count). The number of aromatic amines is 2. The first-order chi connectivity index (χ1) is 20.3. The van der Waals surface area contributed by atoms with Crippen molar-refractivity contribution in [2.45, 2.75) is 46.6 Å². The van der Waals surface area contributed by atoms with Crippen molar-refractivity contribution in [3.8, 4) is 17.1 Å². The average molecular weight is 586 g/mol. The summed E-state index contributed by atoms with van der Waals surface area (Å²) in [6.45, 7) is 9.19. The summed E-state index contributed by atoms with van der Waals surface area (Å²) in [6.07, 6.45) is 1.62. The number of benzene rings is 2. The summed E-state index contributed by atoms with van der Waals surface area (Å²) in [5.74, 6) is 0.391. The number of imide groups is 1. The maximum Gasteiger partial charge on any atom is 0.261 e. The van der Waals surface area contributed by atoms with E-state index in [-0.39, 0.29) is 29.4 Å². The first-order valence-corrected chi connectivity index (χ1v) is 14.5. The van der Waals surface area contributed by atoms with Gasteiger partial charge in [0.15, 0.2) is 0 Å². The summed E-state index contributed by atoms with van der Waals surface area (Å²) in [6, 6.07) is 11.0. The molecule has 0 saturated heterocycles.